The van der Waals surface area contributed by atoms with Crippen molar-refractivity contribution in [3.8, 4) is 11.4 Å². The lowest BCUT2D eigenvalue weighted by Gasteiger charge is -2.33. The molecule has 2 aromatic heterocycles. The molecule has 2 N–H and O–H groups in total. The molecule has 0 radical (unpaired) electrons. The van der Waals surface area contributed by atoms with E-state index in [4.69, 9.17) is 22.2 Å². The van der Waals surface area contributed by atoms with E-state index in [2.05, 4.69) is 15.0 Å². The normalized spacial score (nSPS) is 12.2. The van der Waals surface area contributed by atoms with Gasteiger partial charge in [-0.05, 0) is 55.2 Å². The number of nitrogens with zero attached hydrogens (tertiary/aromatic N) is 6. The molecule has 0 fully saturated rings. The van der Waals surface area contributed by atoms with Gasteiger partial charge < -0.3 is 15.1 Å². The highest BCUT2D eigenvalue weighted by atomic mass is 35.5. The van der Waals surface area contributed by atoms with E-state index in [1.165, 1.54) is 37.4 Å². The lowest BCUT2D eigenvalue weighted by Crippen LogP contribution is -2.44. The second kappa shape index (κ2) is 9.90. The number of benzene rings is 1. The number of aryl methyl sites for hydroxylation is 1. The first-order chi connectivity index (χ1) is 16.6. The van der Waals surface area contributed by atoms with E-state index < -0.39 is 29.1 Å². The lowest BCUT2D eigenvalue weighted by molar-refractivity contribution is -0.197. The third-order valence-corrected chi connectivity index (χ3v) is 5.13. The topological polar surface area (TPSA) is 102 Å². The molecule has 36 heavy (non-hydrogen) atoms. The van der Waals surface area contributed by atoms with Gasteiger partial charge in [0, 0.05) is 20.3 Å². The Bertz CT molecular complexity index is 1270. The van der Waals surface area contributed by atoms with Crippen LogP contribution in [0.5, 0.6) is 0 Å². The standard InChI is InChI=1S/C22H24ClF4N7O2/c1-21(2,3)19(35)36-33(5)34(18-15(28)9-29-20(23)31-18)10-12-6-7-13(14(24)8-12)17-30-16(11-32(17)4)22(25,26)27/h6-9,11H,10,28H2,1-5H3. The molecule has 0 amide bonds. The van der Waals surface area contributed by atoms with Crippen molar-refractivity contribution < 1.29 is 27.2 Å². The van der Waals surface area contributed by atoms with E-state index in [1.807, 2.05) is 0 Å². The fraction of sp³-hybridized carbons (Fsp3) is 0.364. The Balaban J connectivity index is 1.97. The number of nitrogen functional groups attached to an aromatic ring is 1. The van der Waals surface area contributed by atoms with Crippen LogP contribution in [0.15, 0.2) is 30.6 Å². The summed E-state index contributed by atoms with van der Waals surface area (Å²) in [5, 5.41) is 2.29. The van der Waals surface area contributed by atoms with Gasteiger partial charge in [-0.25, -0.2) is 19.2 Å². The molecule has 0 bridgehead atoms. The van der Waals surface area contributed by atoms with Gasteiger partial charge in [0.15, 0.2) is 11.5 Å². The van der Waals surface area contributed by atoms with Crippen LogP contribution in [0.3, 0.4) is 0 Å². The number of rotatable bonds is 6. The lowest BCUT2D eigenvalue weighted by atomic mass is 9.98. The molecule has 3 rings (SSSR count). The van der Waals surface area contributed by atoms with Crippen LogP contribution < -0.4 is 10.7 Å². The fourth-order valence-corrected chi connectivity index (χ4v) is 3.18. The minimum atomic E-state index is -4.67. The molecular weight excluding hydrogens is 506 g/mol. The summed E-state index contributed by atoms with van der Waals surface area (Å²) >= 11 is 5.93. The smallest absolute Gasteiger partial charge is 0.394 e. The van der Waals surface area contributed by atoms with E-state index >= 15 is 4.39 Å². The van der Waals surface area contributed by atoms with Crippen LogP contribution in [-0.2, 0) is 29.4 Å². The molecular formula is C22H24ClF4N7O2. The quantitative estimate of drug-likeness (QED) is 0.280. The first-order valence-electron chi connectivity index (χ1n) is 10.5. The number of halogens is 5. The van der Waals surface area contributed by atoms with Gasteiger partial charge in [-0.1, -0.05) is 6.07 Å². The van der Waals surface area contributed by atoms with Crippen molar-refractivity contribution in [1.29, 1.82) is 0 Å². The largest absolute Gasteiger partial charge is 0.434 e. The number of carbonyl (C=O) groups excluding carboxylic acids is 1. The highest BCUT2D eigenvalue weighted by Gasteiger charge is 2.35. The zero-order valence-electron chi connectivity index (χ0n) is 20.1. The number of hydrogen-bond acceptors (Lipinski definition) is 8. The Morgan fingerprint density at radius 3 is 2.44 bits per heavy atom. The number of imidazole rings is 1. The van der Waals surface area contributed by atoms with Gasteiger partial charge in [-0.2, -0.15) is 18.2 Å². The van der Waals surface area contributed by atoms with Crippen molar-refractivity contribution in [3.05, 3.63) is 53.0 Å². The molecule has 14 heteroatoms. The maximum absolute atomic E-state index is 15.1. The molecule has 1 aromatic carbocycles. The fourth-order valence-electron chi connectivity index (χ4n) is 3.05. The number of carbonyl (C=O) groups is 1. The minimum Gasteiger partial charge on any atom is -0.394 e. The summed E-state index contributed by atoms with van der Waals surface area (Å²) in [6, 6.07) is 3.93. The van der Waals surface area contributed by atoms with E-state index in [0.29, 0.717) is 5.56 Å². The molecule has 0 aliphatic rings. The molecule has 194 valence electrons. The van der Waals surface area contributed by atoms with Crippen LogP contribution in [0.2, 0.25) is 5.28 Å². The highest BCUT2D eigenvalue weighted by Crippen LogP contribution is 2.32. The molecule has 0 saturated heterocycles. The van der Waals surface area contributed by atoms with Crippen LogP contribution in [0.25, 0.3) is 11.4 Å². The number of hydroxylamine groups is 1. The molecule has 0 aliphatic carbocycles. The van der Waals surface area contributed by atoms with Gasteiger partial charge in [-0.3, -0.25) is 5.01 Å². The van der Waals surface area contributed by atoms with Gasteiger partial charge in [0.1, 0.15) is 11.6 Å². The summed E-state index contributed by atoms with van der Waals surface area (Å²) < 4.78 is 55.2. The SMILES string of the molecule is CN(OC(=O)C(C)(C)C)N(Cc1ccc(-c2nc(C(F)(F)F)cn2C)c(F)c1)c1nc(Cl)ncc1N. The van der Waals surface area contributed by atoms with Gasteiger partial charge >= 0.3 is 12.1 Å². The Morgan fingerprint density at radius 2 is 1.89 bits per heavy atom. The van der Waals surface area contributed by atoms with Crippen molar-refractivity contribution in [2.45, 2.75) is 33.5 Å². The second-order valence-electron chi connectivity index (χ2n) is 8.94. The number of hydrogen-bond donors (Lipinski definition) is 1. The first kappa shape index (κ1) is 27.1. The van der Waals surface area contributed by atoms with Crippen LogP contribution in [0, 0.1) is 11.2 Å². The van der Waals surface area contributed by atoms with Gasteiger partial charge in [0.05, 0.1) is 29.4 Å². The summed E-state index contributed by atoms with van der Waals surface area (Å²) in [4.78, 5) is 29.3. The summed E-state index contributed by atoms with van der Waals surface area (Å²) in [6.45, 7) is 4.90. The van der Waals surface area contributed by atoms with E-state index in [9.17, 15) is 18.0 Å². The molecule has 0 atom stereocenters. The molecule has 2 heterocycles. The zero-order valence-corrected chi connectivity index (χ0v) is 20.8. The Hall–Kier alpha value is -3.45. The third-order valence-electron chi connectivity index (χ3n) is 4.95. The predicted molar refractivity (Wildman–Crippen MR) is 125 cm³/mol. The Morgan fingerprint density at radius 1 is 1.22 bits per heavy atom. The van der Waals surface area contributed by atoms with Crippen molar-refractivity contribution in [3.63, 3.8) is 0 Å². The number of aromatic nitrogens is 4. The molecule has 0 unspecified atom stereocenters. The zero-order chi connectivity index (χ0) is 27.0. The van der Waals surface area contributed by atoms with Crippen molar-refractivity contribution >= 4 is 29.1 Å². The summed E-state index contributed by atoms with van der Waals surface area (Å²) in [6.07, 6.45) is -2.62. The van der Waals surface area contributed by atoms with Crippen LogP contribution in [-0.4, -0.2) is 37.7 Å². The van der Waals surface area contributed by atoms with E-state index in [-0.39, 0.29) is 34.7 Å². The van der Waals surface area contributed by atoms with E-state index in [1.54, 1.807) is 20.8 Å². The number of hydrazine groups is 1. The van der Waals surface area contributed by atoms with Gasteiger partial charge in [0.25, 0.3) is 0 Å². The molecule has 9 nitrogen and oxygen atoms in total. The maximum Gasteiger partial charge on any atom is 0.434 e. The number of anilines is 2. The van der Waals surface area contributed by atoms with Crippen LogP contribution in [0.4, 0.5) is 29.1 Å². The second-order valence-corrected chi connectivity index (χ2v) is 9.28. The third kappa shape index (κ3) is 6.02. The Kier molecular flexibility index (Phi) is 7.46. The van der Waals surface area contributed by atoms with Crippen molar-refractivity contribution in [2.24, 2.45) is 12.5 Å². The van der Waals surface area contributed by atoms with Crippen molar-refractivity contribution in [2.75, 3.05) is 17.8 Å². The molecule has 3 aromatic rings. The average Bonchev–Trinajstić information content (AvgIpc) is 3.15. The summed E-state index contributed by atoms with van der Waals surface area (Å²) in [5.74, 6) is -1.47. The average molecular weight is 530 g/mol. The summed E-state index contributed by atoms with van der Waals surface area (Å²) in [5.41, 5.74) is 4.38. The Labute approximate surface area is 209 Å². The van der Waals surface area contributed by atoms with Gasteiger partial charge in [-0.15, -0.1) is 0 Å². The predicted octanol–water partition coefficient (Wildman–Crippen LogP) is 4.63. The van der Waals surface area contributed by atoms with Crippen molar-refractivity contribution in [1.82, 2.24) is 24.7 Å². The molecule has 0 spiro atoms. The maximum atomic E-state index is 15.1. The summed E-state index contributed by atoms with van der Waals surface area (Å²) in [7, 11) is 2.77. The monoisotopic (exact) mass is 529 g/mol. The van der Waals surface area contributed by atoms with Crippen LogP contribution in [0.1, 0.15) is 32.0 Å². The van der Waals surface area contributed by atoms with E-state index in [0.717, 1.165) is 22.0 Å². The minimum absolute atomic E-state index is 0.0858. The van der Waals surface area contributed by atoms with Crippen LogP contribution >= 0.6 is 11.6 Å². The molecule has 0 saturated carbocycles. The number of nitrogens with two attached hydrogens (primary N) is 1. The highest BCUT2D eigenvalue weighted by molar-refractivity contribution is 6.28. The number of alkyl halides is 3. The van der Waals surface area contributed by atoms with Gasteiger partial charge in [0.2, 0.25) is 5.28 Å². The first-order valence-corrected chi connectivity index (χ1v) is 10.9. The molecule has 0 aliphatic heterocycles.